The van der Waals surface area contributed by atoms with E-state index in [9.17, 15) is 14.4 Å². The molecular weight excluding hydrogens is 542 g/mol. The first kappa shape index (κ1) is 31.4. The maximum Gasteiger partial charge on any atom is 0.330 e. The molecule has 3 rings (SSSR count). The van der Waals surface area contributed by atoms with Crippen molar-refractivity contribution in [2.45, 2.75) is 39.3 Å². The van der Waals surface area contributed by atoms with Gasteiger partial charge in [0, 0.05) is 29.0 Å². The van der Waals surface area contributed by atoms with Gasteiger partial charge < -0.3 is 25.4 Å². The fraction of sp³-hybridized carbons (Fsp3) is 0.281. The summed E-state index contributed by atoms with van der Waals surface area (Å²) in [6, 6.07) is 18.8. The van der Waals surface area contributed by atoms with Crippen LogP contribution in [0.1, 0.15) is 47.8 Å². The Morgan fingerprint density at radius 2 is 1.68 bits per heavy atom. The zero-order valence-corrected chi connectivity index (χ0v) is 24.7. The van der Waals surface area contributed by atoms with E-state index in [-0.39, 0.29) is 18.9 Å². The number of ether oxygens (including phenoxy) is 2. The van der Waals surface area contributed by atoms with Crippen molar-refractivity contribution >= 4 is 46.8 Å². The molecule has 0 radical (unpaired) electrons. The molecule has 0 fully saturated rings. The van der Waals surface area contributed by atoms with Gasteiger partial charge in [0.25, 0.3) is 0 Å². The van der Waals surface area contributed by atoms with Crippen molar-refractivity contribution < 1.29 is 23.9 Å². The number of esters is 1. The van der Waals surface area contributed by atoms with Gasteiger partial charge in [0.2, 0.25) is 0 Å². The highest BCUT2D eigenvalue weighted by Crippen LogP contribution is 2.28. The van der Waals surface area contributed by atoms with E-state index in [1.807, 2.05) is 82.3 Å². The molecular formula is C32H36ClN3O5. The van der Waals surface area contributed by atoms with Crippen molar-refractivity contribution in [2.75, 3.05) is 25.6 Å². The second-order valence-corrected chi connectivity index (χ2v) is 10.7. The summed E-state index contributed by atoms with van der Waals surface area (Å²) in [6.07, 6.45) is 3.65. The molecule has 0 unspecified atom stereocenters. The van der Waals surface area contributed by atoms with Crippen LogP contribution in [0.2, 0.25) is 5.02 Å². The van der Waals surface area contributed by atoms with E-state index >= 15 is 0 Å². The average molecular weight is 578 g/mol. The highest BCUT2D eigenvalue weighted by Gasteiger charge is 2.24. The van der Waals surface area contributed by atoms with Crippen LogP contribution < -0.4 is 16.0 Å². The summed E-state index contributed by atoms with van der Waals surface area (Å²) in [6.45, 7) is 7.67. The molecule has 0 aliphatic rings. The first-order chi connectivity index (χ1) is 19.5. The number of hydrogen-bond acceptors (Lipinski definition) is 6. The number of nitrogens with one attached hydrogen (secondary N) is 3. The van der Waals surface area contributed by atoms with Crippen LogP contribution in [0.5, 0.6) is 0 Å². The predicted octanol–water partition coefficient (Wildman–Crippen LogP) is 6.29. The molecule has 0 spiro atoms. The summed E-state index contributed by atoms with van der Waals surface area (Å²) in [4.78, 5) is 37.4. The number of halogens is 1. The molecule has 0 aliphatic carbocycles. The minimum atomic E-state index is -0.932. The van der Waals surface area contributed by atoms with Crippen molar-refractivity contribution in [3.8, 4) is 0 Å². The zero-order chi connectivity index (χ0) is 30.0. The van der Waals surface area contributed by atoms with Crippen LogP contribution in [0.25, 0.3) is 6.08 Å². The lowest BCUT2D eigenvalue weighted by atomic mass is 9.99. The lowest BCUT2D eigenvalue weighted by Gasteiger charge is -2.23. The third-order valence-electron chi connectivity index (χ3n) is 6.00. The van der Waals surface area contributed by atoms with E-state index in [1.54, 1.807) is 24.3 Å². The van der Waals surface area contributed by atoms with Gasteiger partial charge in [-0.05, 0) is 63.1 Å². The minimum Gasteiger partial charge on any atom is -0.467 e. The van der Waals surface area contributed by atoms with Gasteiger partial charge in [0.05, 0.1) is 24.3 Å². The molecule has 0 saturated heterocycles. The van der Waals surface area contributed by atoms with E-state index in [0.29, 0.717) is 16.1 Å². The van der Waals surface area contributed by atoms with Gasteiger partial charge in [0.1, 0.15) is 0 Å². The van der Waals surface area contributed by atoms with Crippen molar-refractivity contribution in [3.63, 3.8) is 0 Å². The number of aryl methyl sites for hydroxylation is 1. The maximum atomic E-state index is 13.0. The van der Waals surface area contributed by atoms with Gasteiger partial charge in [-0.25, -0.2) is 9.59 Å². The Hall–Kier alpha value is -4.14. The molecule has 3 N–H and O–H groups in total. The summed E-state index contributed by atoms with van der Waals surface area (Å²) in [5, 5.41) is 8.97. The summed E-state index contributed by atoms with van der Waals surface area (Å²) >= 11 is 6.51. The average Bonchev–Trinajstić information content (AvgIpc) is 2.93. The summed E-state index contributed by atoms with van der Waals surface area (Å²) < 4.78 is 10.4. The molecule has 0 aliphatic heterocycles. The van der Waals surface area contributed by atoms with Crippen LogP contribution in [-0.2, 0) is 14.3 Å². The van der Waals surface area contributed by atoms with E-state index in [0.717, 1.165) is 22.5 Å². The highest BCUT2D eigenvalue weighted by atomic mass is 35.5. The fourth-order valence-electron chi connectivity index (χ4n) is 3.85. The number of methoxy groups -OCH3 is 1. The minimum absolute atomic E-state index is 0.0104. The molecule has 0 saturated carbocycles. The third-order valence-corrected chi connectivity index (χ3v) is 6.31. The van der Waals surface area contributed by atoms with Crippen molar-refractivity contribution in [1.29, 1.82) is 0 Å². The van der Waals surface area contributed by atoms with Gasteiger partial charge in [0.15, 0.2) is 11.8 Å². The Balaban J connectivity index is 1.61. The number of rotatable bonds is 11. The quantitative estimate of drug-likeness (QED) is 0.183. The lowest BCUT2D eigenvalue weighted by Crippen LogP contribution is -2.49. The second kappa shape index (κ2) is 14.5. The highest BCUT2D eigenvalue weighted by molar-refractivity contribution is 6.35. The Labute approximate surface area is 246 Å². The van der Waals surface area contributed by atoms with E-state index < -0.39 is 23.6 Å². The van der Waals surface area contributed by atoms with Crippen molar-refractivity contribution in [1.82, 2.24) is 10.6 Å². The van der Waals surface area contributed by atoms with Gasteiger partial charge in [-0.2, -0.15) is 0 Å². The fourth-order valence-corrected chi connectivity index (χ4v) is 4.12. The summed E-state index contributed by atoms with van der Waals surface area (Å²) in [7, 11) is 1.26. The third kappa shape index (κ3) is 9.48. The topological polar surface area (TPSA) is 106 Å². The summed E-state index contributed by atoms with van der Waals surface area (Å²) in [5.41, 5.74) is 3.88. The van der Waals surface area contributed by atoms with Gasteiger partial charge in [-0.15, -0.1) is 0 Å². The van der Waals surface area contributed by atoms with Gasteiger partial charge in [-0.1, -0.05) is 66.2 Å². The van der Waals surface area contributed by atoms with Crippen molar-refractivity contribution in [2.24, 2.45) is 0 Å². The number of para-hydroxylation sites is 1. The molecule has 2 amide bonds. The number of carbonyl (C=O) groups excluding carboxylic acids is 3. The van der Waals surface area contributed by atoms with Crippen LogP contribution >= 0.6 is 11.6 Å². The monoisotopic (exact) mass is 577 g/mol. The van der Waals surface area contributed by atoms with Gasteiger partial charge in [-0.3, -0.25) is 4.79 Å². The molecule has 1 atom stereocenters. The SMILES string of the molecule is COC(=O)[C@H](COC(C)(C)C)NC(=O)NCC=Cc1ccccc1Nc1ccc(C(=O)c2ccccc2C)c(Cl)c1. The summed E-state index contributed by atoms with van der Waals surface area (Å²) in [5.74, 6) is -0.716. The van der Waals surface area contributed by atoms with Crippen LogP contribution in [0.15, 0.2) is 72.8 Å². The number of benzene rings is 3. The molecule has 8 nitrogen and oxygen atoms in total. The number of amides is 2. The normalized spacial score (nSPS) is 12.0. The Morgan fingerprint density at radius 1 is 0.976 bits per heavy atom. The molecule has 9 heteroatoms. The predicted molar refractivity (Wildman–Crippen MR) is 163 cm³/mol. The van der Waals surface area contributed by atoms with E-state index in [1.165, 1.54) is 7.11 Å². The molecule has 3 aromatic carbocycles. The van der Waals surface area contributed by atoms with Crippen molar-refractivity contribution in [3.05, 3.63) is 100 Å². The number of anilines is 2. The Morgan fingerprint density at radius 3 is 2.37 bits per heavy atom. The molecule has 0 bridgehead atoms. The van der Waals surface area contributed by atoms with Crippen LogP contribution in [0.3, 0.4) is 0 Å². The first-order valence-electron chi connectivity index (χ1n) is 13.2. The van der Waals surface area contributed by atoms with E-state index in [4.69, 9.17) is 21.1 Å². The van der Waals surface area contributed by atoms with Crippen LogP contribution in [0.4, 0.5) is 16.2 Å². The lowest BCUT2D eigenvalue weighted by molar-refractivity contribution is -0.146. The number of ketones is 1. The largest absolute Gasteiger partial charge is 0.467 e. The van der Waals surface area contributed by atoms with Crippen LogP contribution in [0, 0.1) is 6.92 Å². The molecule has 0 aromatic heterocycles. The number of hydrogen-bond donors (Lipinski definition) is 3. The van der Waals surface area contributed by atoms with Gasteiger partial charge >= 0.3 is 12.0 Å². The smallest absolute Gasteiger partial charge is 0.330 e. The second-order valence-electron chi connectivity index (χ2n) is 10.3. The Kier molecular flexibility index (Phi) is 11.1. The Bertz CT molecular complexity index is 1410. The number of carbonyl (C=O) groups is 3. The zero-order valence-electron chi connectivity index (χ0n) is 23.9. The maximum absolute atomic E-state index is 13.0. The molecule has 41 heavy (non-hydrogen) atoms. The molecule has 216 valence electrons. The standard InChI is InChI=1S/C32H36ClN3O5/c1-21-11-6-8-14-24(21)29(37)25-17-16-23(19-26(25)33)35-27-15-9-7-12-22(27)13-10-18-34-31(39)36-28(30(38)40-5)20-41-32(2,3)4/h6-17,19,28,35H,18,20H2,1-5H3,(H2,34,36,39)/t28-/m0/s1. The molecule has 3 aromatic rings. The molecule has 0 heterocycles. The number of urea groups is 1. The first-order valence-corrected chi connectivity index (χ1v) is 13.5. The van der Waals surface area contributed by atoms with Crippen LogP contribution in [-0.4, -0.2) is 49.7 Å². The van der Waals surface area contributed by atoms with E-state index in [2.05, 4.69) is 16.0 Å².